The van der Waals surface area contributed by atoms with Crippen molar-refractivity contribution >= 4 is 11.8 Å². The molecular weight excluding hydrogens is 198 g/mol. The van der Waals surface area contributed by atoms with Crippen LogP contribution >= 0.6 is 11.8 Å². The van der Waals surface area contributed by atoms with E-state index in [9.17, 15) is 0 Å². The third kappa shape index (κ3) is 1.66. The number of thioether (sulfide) groups is 1. The van der Waals surface area contributed by atoms with Gasteiger partial charge in [-0.2, -0.15) is 16.7 Å². The van der Waals surface area contributed by atoms with Crippen molar-refractivity contribution in [2.75, 3.05) is 18.1 Å². The number of nitrogens with two attached hydrogens (primary N) is 1. The first-order valence-electron chi connectivity index (χ1n) is 4.75. The molecular formula is C9H15N3OS. The molecule has 5 heteroatoms. The third-order valence-corrected chi connectivity index (χ3v) is 3.81. The van der Waals surface area contributed by atoms with Gasteiger partial charge in [-0.15, -0.1) is 0 Å². The van der Waals surface area contributed by atoms with Crippen LogP contribution in [0.1, 0.15) is 31.5 Å². The quantitative estimate of drug-likeness (QED) is 0.815. The van der Waals surface area contributed by atoms with Crippen molar-refractivity contribution in [1.29, 1.82) is 0 Å². The third-order valence-electron chi connectivity index (χ3n) is 2.53. The molecule has 2 rings (SSSR count). The monoisotopic (exact) mass is 213 g/mol. The summed E-state index contributed by atoms with van der Waals surface area (Å²) < 4.78 is 5.23. The predicted octanol–water partition coefficient (Wildman–Crippen LogP) is 1.14. The van der Waals surface area contributed by atoms with Gasteiger partial charge in [-0.3, -0.25) is 0 Å². The van der Waals surface area contributed by atoms with Crippen LogP contribution in [-0.2, 0) is 5.41 Å². The van der Waals surface area contributed by atoms with Gasteiger partial charge in [0.05, 0.1) is 5.41 Å². The SMILES string of the molecule is CC(C)(CN)c1nc(C2CSC2)no1. The van der Waals surface area contributed by atoms with Gasteiger partial charge in [0.1, 0.15) is 0 Å². The molecule has 0 atom stereocenters. The molecule has 1 aromatic heterocycles. The second kappa shape index (κ2) is 3.55. The van der Waals surface area contributed by atoms with Crippen molar-refractivity contribution in [2.45, 2.75) is 25.2 Å². The minimum atomic E-state index is -0.206. The van der Waals surface area contributed by atoms with Gasteiger partial charge in [-0.05, 0) is 13.8 Å². The topological polar surface area (TPSA) is 64.9 Å². The molecule has 0 radical (unpaired) electrons. The van der Waals surface area contributed by atoms with Gasteiger partial charge in [0.25, 0.3) is 0 Å². The van der Waals surface area contributed by atoms with E-state index in [-0.39, 0.29) is 5.41 Å². The van der Waals surface area contributed by atoms with E-state index in [2.05, 4.69) is 10.1 Å². The maximum absolute atomic E-state index is 5.64. The van der Waals surface area contributed by atoms with Crippen molar-refractivity contribution in [3.8, 4) is 0 Å². The molecule has 1 fully saturated rings. The fourth-order valence-corrected chi connectivity index (χ4v) is 1.92. The van der Waals surface area contributed by atoms with Gasteiger partial charge in [-0.25, -0.2) is 0 Å². The Balaban J connectivity index is 2.16. The summed E-state index contributed by atoms with van der Waals surface area (Å²) in [5.74, 6) is 4.22. The maximum atomic E-state index is 5.64. The van der Waals surface area contributed by atoms with Crippen molar-refractivity contribution in [1.82, 2.24) is 10.1 Å². The van der Waals surface area contributed by atoms with Crippen LogP contribution in [0.4, 0.5) is 0 Å². The Morgan fingerprint density at radius 2 is 2.29 bits per heavy atom. The molecule has 0 unspecified atom stereocenters. The Labute approximate surface area is 87.6 Å². The van der Waals surface area contributed by atoms with Gasteiger partial charge in [0, 0.05) is 24.0 Å². The molecule has 0 spiro atoms. The number of hydrogen-bond acceptors (Lipinski definition) is 5. The van der Waals surface area contributed by atoms with E-state index in [4.69, 9.17) is 10.3 Å². The molecule has 0 amide bonds. The molecule has 0 aliphatic carbocycles. The molecule has 2 heterocycles. The summed E-state index contributed by atoms with van der Waals surface area (Å²) >= 11 is 1.92. The smallest absolute Gasteiger partial charge is 0.233 e. The van der Waals surface area contributed by atoms with Crippen molar-refractivity contribution in [3.05, 3.63) is 11.7 Å². The van der Waals surface area contributed by atoms with Gasteiger partial charge in [-0.1, -0.05) is 5.16 Å². The second-order valence-electron chi connectivity index (χ2n) is 4.28. The molecule has 78 valence electrons. The van der Waals surface area contributed by atoms with E-state index in [1.165, 1.54) is 0 Å². The highest BCUT2D eigenvalue weighted by Crippen LogP contribution is 2.33. The Hall–Kier alpha value is -0.550. The van der Waals surface area contributed by atoms with Gasteiger partial charge < -0.3 is 10.3 Å². The number of hydrogen-bond donors (Lipinski definition) is 1. The van der Waals surface area contributed by atoms with Gasteiger partial charge in [0.15, 0.2) is 5.82 Å². The molecule has 0 bridgehead atoms. The van der Waals surface area contributed by atoms with Crippen molar-refractivity contribution < 1.29 is 4.52 Å². The highest BCUT2D eigenvalue weighted by atomic mass is 32.2. The van der Waals surface area contributed by atoms with E-state index in [0.717, 1.165) is 17.3 Å². The lowest BCUT2D eigenvalue weighted by Gasteiger charge is -2.21. The molecule has 1 aliphatic rings. The Bertz CT molecular complexity index is 320. The van der Waals surface area contributed by atoms with Crippen LogP contribution in [0.3, 0.4) is 0 Å². The lowest BCUT2D eigenvalue weighted by atomic mass is 9.94. The first-order valence-corrected chi connectivity index (χ1v) is 5.91. The fraction of sp³-hybridized carbons (Fsp3) is 0.778. The van der Waals surface area contributed by atoms with Crippen LogP contribution in [0.2, 0.25) is 0 Å². The molecule has 0 aromatic carbocycles. The Morgan fingerprint density at radius 3 is 2.79 bits per heavy atom. The van der Waals surface area contributed by atoms with Crippen LogP contribution in [0.5, 0.6) is 0 Å². The van der Waals surface area contributed by atoms with E-state index >= 15 is 0 Å². The molecule has 1 saturated heterocycles. The lowest BCUT2D eigenvalue weighted by molar-refractivity contribution is 0.308. The van der Waals surface area contributed by atoms with Crippen molar-refractivity contribution in [2.24, 2.45) is 5.73 Å². The number of nitrogens with zero attached hydrogens (tertiary/aromatic N) is 2. The van der Waals surface area contributed by atoms with Gasteiger partial charge >= 0.3 is 0 Å². The molecule has 0 saturated carbocycles. The molecule has 1 aromatic rings. The van der Waals surface area contributed by atoms with E-state index in [0.29, 0.717) is 18.4 Å². The van der Waals surface area contributed by atoms with Crippen LogP contribution in [-0.4, -0.2) is 28.2 Å². The first-order chi connectivity index (χ1) is 6.63. The molecule has 2 N–H and O–H groups in total. The average Bonchev–Trinajstić information content (AvgIpc) is 2.51. The highest BCUT2D eigenvalue weighted by Gasteiger charge is 2.30. The zero-order valence-electron chi connectivity index (χ0n) is 8.49. The van der Waals surface area contributed by atoms with Gasteiger partial charge in [0.2, 0.25) is 5.89 Å². The number of rotatable bonds is 3. The van der Waals surface area contributed by atoms with Crippen LogP contribution < -0.4 is 5.73 Å². The summed E-state index contributed by atoms with van der Waals surface area (Å²) in [5, 5.41) is 4.00. The minimum absolute atomic E-state index is 0.206. The fourth-order valence-electron chi connectivity index (χ4n) is 1.15. The van der Waals surface area contributed by atoms with E-state index in [1.807, 2.05) is 25.6 Å². The Morgan fingerprint density at radius 1 is 1.57 bits per heavy atom. The summed E-state index contributed by atoms with van der Waals surface area (Å²) in [6, 6.07) is 0. The zero-order chi connectivity index (χ0) is 10.2. The lowest BCUT2D eigenvalue weighted by Crippen LogP contribution is -2.28. The first kappa shape index (κ1) is 9.98. The van der Waals surface area contributed by atoms with E-state index < -0.39 is 0 Å². The van der Waals surface area contributed by atoms with Crippen LogP contribution in [0.25, 0.3) is 0 Å². The normalized spacial score (nSPS) is 18.2. The van der Waals surface area contributed by atoms with Crippen LogP contribution in [0, 0.1) is 0 Å². The largest absolute Gasteiger partial charge is 0.339 e. The molecule has 14 heavy (non-hydrogen) atoms. The summed E-state index contributed by atoms with van der Waals surface area (Å²) in [6.07, 6.45) is 0. The predicted molar refractivity (Wildman–Crippen MR) is 56.4 cm³/mol. The Kier molecular flexibility index (Phi) is 2.53. The van der Waals surface area contributed by atoms with E-state index in [1.54, 1.807) is 0 Å². The standard InChI is InChI=1S/C9H15N3OS/c1-9(2,5-10)8-11-7(12-13-8)6-3-14-4-6/h6H,3-5,10H2,1-2H3. The number of aromatic nitrogens is 2. The summed E-state index contributed by atoms with van der Waals surface area (Å²) in [7, 11) is 0. The average molecular weight is 213 g/mol. The second-order valence-corrected chi connectivity index (χ2v) is 5.36. The van der Waals surface area contributed by atoms with Crippen molar-refractivity contribution in [3.63, 3.8) is 0 Å². The minimum Gasteiger partial charge on any atom is -0.339 e. The summed E-state index contributed by atoms with van der Waals surface area (Å²) in [4.78, 5) is 4.40. The zero-order valence-corrected chi connectivity index (χ0v) is 9.30. The maximum Gasteiger partial charge on any atom is 0.233 e. The molecule has 4 nitrogen and oxygen atoms in total. The highest BCUT2D eigenvalue weighted by molar-refractivity contribution is 8.00. The molecule has 1 aliphatic heterocycles. The van der Waals surface area contributed by atoms with Crippen LogP contribution in [0.15, 0.2) is 4.52 Å². The summed E-state index contributed by atoms with van der Waals surface area (Å²) in [5.41, 5.74) is 5.43. The summed E-state index contributed by atoms with van der Waals surface area (Å²) in [6.45, 7) is 4.55.